The van der Waals surface area contributed by atoms with Gasteiger partial charge in [-0.1, -0.05) is 43.7 Å². The van der Waals surface area contributed by atoms with Crippen LogP contribution in [0, 0.1) is 18.8 Å². The number of nitrogens with zero attached hydrogens (tertiary/aromatic N) is 1. The van der Waals surface area contributed by atoms with Gasteiger partial charge in [0.2, 0.25) is 5.91 Å². The Balaban J connectivity index is 1.81. The number of hydrogen-bond donors (Lipinski definition) is 1. The summed E-state index contributed by atoms with van der Waals surface area (Å²) in [6.45, 7) is 7.80. The molecule has 0 radical (unpaired) electrons. The first-order valence-electron chi connectivity index (χ1n) is 10.2. The predicted molar refractivity (Wildman–Crippen MR) is 114 cm³/mol. The van der Waals surface area contributed by atoms with Crippen LogP contribution in [0.1, 0.15) is 41.3 Å². The van der Waals surface area contributed by atoms with E-state index in [1.54, 1.807) is 36.3 Å². The van der Waals surface area contributed by atoms with E-state index in [1.807, 2.05) is 6.92 Å². The van der Waals surface area contributed by atoms with Gasteiger partial charge >= 0.3 is 0 Å². The molecule has 1 saturated heterocycles. The molecule has 1 aliphatic heterocycles. The first-order chi connectivity index (χ1) is 13.9. The minimum absolute atomic E-state index is 0.00930. The number of nitrogens with one attached hydrogen (secondary N) is 1. The number of carbonyl (C=O) groups excluding carboxylic acids is 2. The molecule has 0 saturated carbocycles. The minimum atomic E-state index is -0.251. The van der Waals surface area contributed by atoms with E-state index in [9.17, 15) is 9.59 Å². The fraction of sp³-hybridized carbons (Fsp3) is 0.417. The van der Waals surface area contributed by atoms with Gasteiger partial charge in [-0.15, -0.1) is 0 Å². The van der Waals surface area contributed by atoms with Crippen molar-refractivity contribution >= 4 is 11.8 Å². The van der Waals surface area contributed by atoms with Gasteiger partial charge < -0.3 is 15.0 Å². The Bertz CT molecular complexity index is 843. The van der Waals surface area contributed by atoms with Gasteiger partial charge in [-0.3, -0.25) is 9.59 Å². The summed E-state index contributed by atoms with van der Waals surface area (Å²) in [4.78, 5) is 27.8. The van der Waals surface area contributed by atoms with E-state index in [4.69, 9.17) is 4.74 Å². The van der Waals surface area contributed by atoms with E-state index in [1.165, 1.54) is 5.56 Å². The van der Waals surface area contributed by atoms with Crippen LogP contribution < -0.4 is 10.1 Å². The highest BCUT2D eigenvalue weighted by atomic mass is 16.5. The largest absolute Gasteiger partial charge is 0.497 e. The Morgan fingerprint density at radius 3 is 2.31 bits per heavy atom. The molecular formula is C24H30N2O3. The molecule has 0 spiro atoms. The van der Waals surface area contributed by atoms with Gasteiger partial charge in [0.25, 0.3) is 5.91 Å². The lowest BCUT2D eigenvalue weighted by molar-refractivity contribution is -0.125. The van der Waals surface area contributed by atoms with Crippen molar-refractivity contribution in [2.45, 2.75) is 26.7 Å². The Hall–Kier alpha value is -2.82. The standard InChI is InChI=1S/C24H30N2O3/c1-16(2)13-25-23(27)22-15-26(14-21(22)18-7-5-17(3)6-8-18)24(28)19-9-11-20(29-4)12-10-19/h5-12,16,21-22H,13-15H2,1-4H3,(H,25,27)/t21-,22+/m0/s1. The van der Waals surface area contributed by atoms with E-state index in [0.717, 1.165) is 5.56 Å². The van der Waals surface area contributed by atoms with Crippen molar-refractivity contribution in [3.63, 3.8) is 0 Å². The topological polar surface area (TPSA) is 58.6 Å². The van der Waals surface area contributed by atoms with Crippen LogP contribution in [0.25, 0.3) is 0 Å². The Morgan fingerprint density at radius 1 is 1.07 bits per heavy atom. The van der Waals surface area contributed by atoms with Crippen molar-refractivity contribution in [2.24, 2.45) is 11.8 Å². The van der Waals surface area contributed by atoms with E-state index in [-0.39, 0.29) is 23.7 Å². The summed E-state index contributed by atoms with van der Waals surface area (Å²) >= 11 is 0. The van der Waals surface area contributed by atoms with Gasteiger partial charge in [-0.2, -0.15) is 0 Å². The number of ether oxygens (including phenoxy) is 1. The van der Waals surface area contributed by atoms with E-state index < -0.39 is 0 Å². The van der Waals surface area contributed by atoms with Gasteiger partial charge in [0, 0.05) is 31.1 Å². The summed E-state index contributed by atoms with van der Waals surface area (Å²) in [6, 6.07) is 15.4. The highest BCUT2D eigenvalue weighted by molar-refractivity contribution is 5.95. The zero-order valence-corrected chi connectivity index (χ0v) is 17.6. The maximum Gasteiger partial charge on any atom is 0.253 e. The van der Waals surface area contributed by atoms with E-state index in [0.29, 0.717) is 36.9 Å². The zero-order valence-electron chi connectivity index (χ0n) is 17.6. The maximum atomic E-state index is 13.1. The van der Waals surface area contributed by atoms with Crippen molar-refractivity contribution in [1.82, 2.24) is 10.2 Å². The molecular weight excluding hydrogens is 364 g/mol. The van der Waals surface area contributed by atoms with Gasteiger partial charge in [0.1, 0.15) is 5.75 Å². The number of hydrogen-bond acceptors (Lipinski definition) is 3. The molecule has 1 aliphatic rings. The van der Waals surface area contributed by atoms with Gasteiger partial charge in [0.05, 0.1) is 13.0 Å². The first-order valence-corrected chi connectivity index (χ1v) is 10.2. The molecule has 1 heterocycles. The first kappa shape index (κ1) is 20.9. The van der Waals surface area contributed by atoms with Crippen LogP contribution in [0.15, 0.2) is 48.5 Å². The summed E-state index contributed by atoms with van der Waals surface area (Å²) in [5.74, 6) is 0.809. The molecule has 2 aromatic carbocycles. The molecule has 0 unspecified atom stereocenters. The SMILES string of the molecule is COc1ccc(C(=O)N2C[C@@H](C(=O)NCC(C)C)[C@H](c3ccc(C)cc3)C2)cc1. The number of likely N-dealkylation sites (tertiary alicyclic amines) is 1. The average Bonchev–Trinajstić information content (AvgIpc) is 3.17. The molecule has 2 atom stereocenters. The summed E-state index contributed by atoms with van der Waals surface area (Å²) < 4.78 is 5.18. The van der Waals surface area contributed by atoms with Gasteiger partial charge in [-0.05, 0) is 42.7 Å². The van der Waals surface area contributed by atoms with Crippen molar-refractivity contribution < 1.29 is 14.3 Å². The number of amides is 2. The second kappa shape index (κ2) is 9.12. The highest BCUT2D eigenvalue weighted by Gasteiger charge is 2.40. The van der Waals surface area contributed by atoms with Crippen molar-refractivity contribution in [3.05, 3.63) is 65.2 Å². The van der Waals surface area contributed by atoms with Crippen molar-refractivity contribution in [1.29, 1.82) is 0 Å². The molecule has 5 heteroatoms. The fourth-order valence-corrected chi connectivity index (χ4v) is 3.74. The van der Waals surface area contributed by atoms with Crippen molar-refractivity contribution in [2.75, 3.05) is 26.7 Å². The Morgan fingerprint density at radius 2 is 1.72 bits per heavy atom. The van der Waals surface area contributed by atoms with Crippen LogP contribution in [-0.2, 0) is 4.79 Å². The van der Waals surface area contributed by atoms with Crippen LogP contribution in [0.2, 0.25) is 0 Å². The number of aryl methyl sites for hydroxylation is 1. The highest BCUT2D eigenvalue weighted by Crippen LogP contribution is 2.34. The number of carbonyl (C=O) groups is 2. The molecule has 154 valence electrons. The monoisotopic (exact) mass is 394 g/mol. The quantitative estimate of drug-likeness (QED) is 0.814. The normalized spacial score (nSPS) is 18.7. The molecule has 29 heavy (non-hydrogen) atoms. The molecule has 2 amide bonds. The van der Waals surface area contributed by atoms with Crippen molar-refractivity contribution in [3.8, 4) is 5.75 Å². The molecule has 0 aliphatic carbocycles. The average molecular weight is 395 g/mol. The Labute approximate surface area is 173 Å². The zero-order chi connectivity index (χ0) is 21.0. The van der Waals surface area contributed by atoms with Crippen LogP contribution in [-0.4, -0.2) is 43.5 Å². The fourth-order valence-electron chi connectivity index (χ4n) is 3.74. The third-order valence-corrected chi connectivity index (χ3v) is 5.47. The van der Waals surface area contributed by atoms with E-state index in [2.05, 4.69) is 43.4 Å². The van der Waals surface area contributed by atoms with Crippen LogP contribution in [0.5, 0.6) is 5.75 Å². The van der Waals surface area contributed by atoms with Gasteiger partial charge in [0.15, 0.2) is 0 Å². The second-order valence-electron chi connectivity index (χ2n) is 8.20. The lowest BCUT2D eigenvalue weighted by Gasteiger charge is -2.19. The molecule has 3 rings (SSSR count). The summed E-state index contributed by atoms with van der Waals surface area (Å²) in [7, 11) is 1.60. The molecule has 1 fully saturated rings. The molecule has 5 nitrogen and oxygen atoms in total. The maximum absolute atomic E-state index is 13.1. The number of methoxy groups -OCH3 is 1. The van der Waals surface area contributed by atoms with Crippen LogP contribution >= 0.6 is 0 Å². The smallest absolute Gasteiger partial charge is 0.253 e. The van der Waals surface area contributed by atoms with Gasteiger partial charge in [-0.25, -0.2) is 0 Å². The van der Waals surface area contributed by atoms with Crippen LogP contribution in [0.3, 0.4) is 0 Å². The third-order valence-electron chi connectivity index (χ3n) is 5.47. The second-order valence-corrected chi connectivity index (χ2v) is 8.20. The summed E-state index contributed by atoms with van der Waals surface area (Å²) in [5.41, 5.74) is 2.89. The van der Waals surface area contributed by atoms with Crippen LogP contribution in [0.4, 0.5) is 0 Å². The summed E-state index contributed by atoms with van der Waals surface area (Å²) in [6.07, 6.45) is 0. The minimum Gasteiger partial charge on any atom is -0.497 e. The number of rotatable bonds is 6. The number of benzene rings is 2. The summed E-state index contributed by atoms with van der Waals surface area (Å²) in [5, 5.41) is 3.06. The Kier molecular flexibility index (Phi) is 6.57. The molecule has 2 aromatic rings. The third kappa shape index (κ3) is 4.97. The molecule has 1 N–H and O–H groups in total. The predicted octanol–water partition coefficient (Wildman–Crippen LogP) is 3.63. The lowest BCUT2D eigenvalue weighted by Crippen LogP contribution is -2.37. The molecule has 0 aromatic heterocycles. The van der Waals surface area contributed by atoms with E-state index >= 15 is 0 Å². The molecule has 0 bridgehead atoms. The lowest BCUT2D eigenvalue weighted by atomic mass is 9.88.